The molecule has 0 atom stereocenters. The van der Waals surface area contributed by atoms with Gasteiger partial charge in [-0.15, -0.1) is 4.31 Å². The van der Waals surface area contributed by atoms with Crippen LogP contribution in [-0.4, -0.2) is 29.1 Å². The zero-order chi connectivity index (χ0) is 17.5. The van der Waals surface area contributed by atoms with Gasteiger partial charge in [0.2, 0.25) is 0 Å². The molecule has 3 rings (SSSR count). The second kappa shape index (κ2) is 5.73. The Morgan fingerprint density at radius 1 is 0.958 bits per heavy atom. The summed E-state index contributed by atoms with van der Waals surface area (Å²) in [5, 5.41) is 0. The van der Waals surface area contributed by atoms with E-state index >= 15 is 0 Å². The number of benzene rings is 2. The molecule has 0 aliphatic carbocycles. The Morgan fingerprint density at radius 2 is 1.62 bits per heavy atom. The summed E-state index contributed by atoms with van der Waals surface area (Å²) in [5.41, 5.74) is 7.50. The van der Waals surface area contributed by atoms with Crippen molar-refractivity contribution in [3.63, 3.8) is 0 Å². The molecule has 0 bridgehead atoms. The van der Waals surface area contributed by atoms with E-state index in [4.69, 9.17) is 10.3 Å². The highest BCUT2D eigenvalue weighted by molar-refractivity contribution is 7.84. The molecule has 24 heavy (non-hydrogen) atoms. The number of aryl methyl sites for hydroxylation is 1. The zero-order valence-electron chi connectivity index (χ0n) is 12.5. The largest absolute Gasteiger partial charge is 0.398 e. The van der Waals surface area contributed by atoms with Crippen LogP contribution in [0.5, 0.6) is 0 Å². The Kier molecular flexibility index (Phi) is 3.86. The number of hydrogen-bond acceptors (Lipinski definition) is 5. The minimum Gasteiger partial charge on any atom is -0.398 e. The minimum atomic E-state index is -4.97. The Hall–Kier alpha value is -2.71. The number of fused-ring (bicyclic) bond motifs is 1. The Morgan fingerprint density at radius 3 is 2.25 bits per heavy atom. The predicted octanol–water partition coefficient (Wildman–Crippen LogP) is 1.45. The van der Waals surface area contributed by atoms with Crippen LogP contribution >= 0.6 is 0 Å². The van der Waals surface area contributed by atoms with E-state index in [2.05, 4.69) is 0 Å². The molecule has 0 radical (unpaired) electrons. The summed E-state index contributed by atoms with van der Waals surface area (Å²) in [6.45, 7) is 0. The lowest BCUT2D eigenvalue weighted by Crippen LogP contribution is -2.35. The maximum Gasteiger partial charge on any atom is 0.369 e. The van der Waals surface area contributed by atoms with E-state index in [-0.39, 0.29) is 15.4 Å². The maximum atomic E-state index is 12.3. The lowest BCUT2D eigenvalue weighted by Gasteiger charge is -2.10. The standard InChI is InChI=1S/C16H14N2O5S/c17-13-9-8-12-14(16(20)18(15(12)19)24(21,22)23)11(13)7-6-10-4-2-1-3-5-10/h1-5,8-9H,6-7,17H2,(H,21,22,23). The molecule has 2 amide bonds. The summed E-state index contributed by atoms with van der Waals surface area (Å²) in [6.07, 6.45) is 0.923. The lowest BCUT2D eigenvalue weighted by atomic mass is 9.95. The van der Waals surface area contributed by atoms with Crippen LogP contribution in [0.25, 0.3) is 0 Å². The van der Waals surface area contributed by atoms with Gasteiger partial charge in [-0.1, -0.05) is 30.3 Å². The van der Waals surface area contributed by atoms with Crippen LogP contribution in [0.1, 0.15) is 31.8 Å². The number of carbonyl (C=O) groups is 2. The van der Waals surface area contributed by atoms with Gasteiger partial charge in [-0.25, -0.2) is 0 Å². The molecule has 0 fully saturated rings. The van der Waals surface area contributed by atoms with E-state index in [9.17, 15) is 18.0 Å². The molecule has 8 heteroatoms. The highest BCUT2D eigenvalue weighted by Crippen LogP contribution is 2.31. The number of nitrogens with two attached hydrogens (primary N) is 1. The van der Waals surface area contributed by atoms with Gasteiger partial charge in [0.1, 0.15) is 0 Å². The second-order valence-corrected chi connectivity index (χ2v) is 6.65. The molecule has 0 aromatic heterocycles. The lowest BCUT2D eigenvalue weighted by molar-refractivity contribution is 0.0755. The average molecular weight is 346 g/mol. The first-order valence-corrected chi connectivity index (χ1v) is 8.52. The summed E-state index contributed by atoms with van der Waals surface area (Å²) >= 11 is 0. The molecule has 1 aliphatic rings. The molecule has 0 spiro atoms. The van der Waals surface area contributed by atoms with E-state index in [1.807, 2.05) is 30.3 Å². The van der Waals surface area contributed by atoms with Gasteiger partial charge in [-0.3, -0.25) is 14.1 Å². The van der Waals surface area contributed by atoms with Crippen LogP contribution in [-0.2, 0) is 23.1 Å². The molecule has 2 aromatic rings. The van der Waals surface area contributed by atoms with Gasteiger partial charge < -0.3 is 5.73 Å². The third kappa shape index (κ3) is 2.66. The van der Waals surface area contributed by atoms with Crippen LogP contribution in [0, 0.1) is 0 Å². The second-order valence-electron chi connectivity index (χ2n) is 5.39. The molecule has 2 aromatic carbocycles. The van der Waals surface area contributed by atoms with Gasteiger partial charge in [0, 0.05) is 5.69 Å². The van der Waals surface area contributed by atoms with Gasteiger partial charge in [-0.2, -0.15) is 8.42 Å². The summed E-state index contributed by atoms with van der Waals surface area (Å²) in [4.78, 5) is 24.5. The smallest absolute Gasteiger partial charge is 0.369 e. The van der Waals surface area contributed by atoms with Crippen LogP contribution < -0.4 is 5.73 Å². The molecule has 0 saturated carbocycles. The van der Waals surface area contributed by atoms with Crippen molar-refractivity contribution in [2.75, 3.05) is 5.73 Å². The average Bonchev–Trinajstić information content (AvgIpc) is 2.78. The van der Waals surface area contributed by atoms with Crippen molar-refractivity contribution in [1.82, 2.24) is 4.31 Å². The highest BCUT2D eigenvalue weighted by atomic mass is 32.2. The van der Waals surface area contributed by atoms with E-state index < -0.39 is 22.1 Å². The minimum absolute atomic E-state index is 0.0615. The molecule has 1 heterocycles. The third-order valence-corrected chi connectivity index (χ3v) is 4.69. The van der Waals surface area contributed by atoms with Gasteiger partial charge in [0.05, 0.1) is 11.1 Å². The van der Waals surface area contributed by atoms with Crippen LogP contribution in [0.3, 0.4) is 0 Å². The fourth-order valence-corrected chi connectivity index (χ4v) is 3.39. The van der Waals surface area contributed by atoms with Gasteiger partial charge in [0.25, 0.3) is 11.8 Å². The van der Waals surface area contributed by atoms with Gasteiger partial charge in [-0.05, 0) is 36.1 Å². The van der Waals surface area contributed by atoms with E-state index in [1.54, 1.807) is 0 Å². The maximum absolute atomic E-state index is 12.3. The van der Waals surface area contributed by atoms with Crippen molar-refractivity contribution >= 4 is 27.8 Å². The summed E-state index contributed by atoms with van der Waals surface area (Å²) in [7, 11) is -4.97. The zero-order valence-corrected chi connectivity index (χ0v) is 13.3. The molecule has 7 nitrogen and oxygen atoms in total. The Bertz CT molecular complexity index is 938. The summed E-state index contributed by atoms with van der Waals surface area (Å²) < 4.78 is 31.6. The van der Waals surface area contributed by atoms with E-state index in [1.165, 1.54) is 12.1 Å². The first kappa shape index (κ1) is 16.2. The van der Waals surface area contributed by atoms with Crippen molar-refractivity contribution in [3.8, 4) is 0 Å². The number of carbonyl (C=O) groups excluding carboxylic acids is 2. The number of hydrogen-bond donors (Lipinski definition) is 2. The fourth-order valence-electron chi connectivity index (χ4n) is 2.78. The number of anilines is 1. The molecule has 0 unspecified atom stereocenters. The first-order chi connectivity index (χ1) is 11.3. The SMILES string of the molecule is Nc1ccc2c(c1CCc1ccccc1)C(=O)N(S(=O)(=O)O)C2=O. The molecule has 124 valence electrons. The highest BCUT2D eigenvalue weighted by Gasteiger charge is 2.44. The van der Waals surface area contributed by atoms with Crippen molar-refractivity contribution in [3.05, 3.63) is 64.7 Å². The van der Waals surface area contributed by atoms with Crippen molar-refractivity contribution in [2.24, 2.45) is 0 Å². The number of rotatable bonds is 4. The monoisotopic (exact) mass is 346 g/mol. The normalized spacial score (nSPS) is 14.1. The van der Waals surface area contributed by atoms with E-state index in [0.29, 0.717) is 24.1 Å². The van der Waals surface area contributed by atoms with Crippen LogP contribution in [0.15, 0.2) is 42.5 Å². The quantitative estimate of drug-likeness (QED) is 0.491. The van der Waals surface area contributed by atoms with Crippen LogP contribution in [0.4, 0.5) is 5.69 Å². The Labute approximate surface area is 138 Å². The van der Waals surface area contributed by atoms with Crippen molar-refractivity contribution in [1.29, 1.82) is 0 Å². The predicted molar refractivity (Wildman–Crippen MR) is 86.8 cm³/mol. The molecular formula is C16H14N2O5S. The number of imide groups is 1. The van der Waals surface area contributed by atoms with Gasteiger partial charge in [0.15, 0.2) is 0 Å². The number of amides is 2. The molecule has 3 N–H and O–H groups in total. The van der Waals surface area contributed by atoms with Crippen molar-refractivity contribution in [2.45, 2.75) is 12.8 Å². The molecular weight excluding hydrogens is 332 g/mol. The van der Waals surface area contributed by atoms with E-state index in [0.717, 1.165) is 5.56 Å². The Balaban J connectivity index is 2.02. The number of nitrogens with zero attached hydrogens (tertiary/aromatic N) is 1. The van der Waals surface area contributed by atoms with Crippen LogP contribution in [0.2, 0.25) is 0 Å². The topological polar surface area (TPSA) is 118 Å². The molecule has 1 aliphatic heterocycles. The summed E-state index contributed by atoms with van der Waals surface area (Å²) in [5.74, 6) is -2.15. The summed E-state index contributed by atoms with van der Waals surface area (Å²) in [6, 6.07) is 12.2. The molecule has 0 saturated heterocycles. The van der Waals surface area contributed by atoms with Crippen molar-refractivity contribution < 1.29 is 22.6 Å². The number of nitrogen functional groups attached to an aromatic ring is 1. The van der Waals surface area contributed by atoms with Gasteiger partial charge >= 0.3 is 10.3 Å². The first-order valence-electron chi connectivity index (χ1n) is 7.12. The third-order valence-electron chi connectivity index (χ3n) is 3.90. The fraction of sp³-hybridized carbons (Fsp3) is 0.125.